The van der Waals surface area contributed by atoms with Gasteiger partial charge in [0.15, 0.2) is 0 Å². The molecule has 0 saturated carbocycles. The number of hydrogen-bond donors (Lipinski definition) is 1. The normalized spacial score (nSPS) is 16.6. The van der Waals surface area contributed by atoms with E-state index in [1.807, 2.05) is 16.2 Å². The maximum atomic E-state index is 10.7. The van der Waals surface area contributed by atoms with Gasteiger partial charge < -0.3 is 5.11 Å². The molecule has 6 heteroatoms. The predicted molar refractivity (Wildman–Crippen MR) is 96.8 cm³/mol. The quantitative estimate of drug-likeness (QED) is 0.843. The minimum atomic E-state index is -0.740. The van der Waals surface area contributed by atoms with Crippen LogP contribution in [0.15, 0.2) is 40.9 Å². The predicted octanol–water partition coefficient (Wildman–Crippen LogP) is 3.38. The van der Waals surface area contributed by atoms with Gasteiger partial charge >= 0.3 is 5.97 Å². The Balaban J connectivity index is 1.56. The molecule has 1 aliphatic heterocycles. The zero-order chi connectivity index (χ0) is 16.2. The van der Waals surface area contributed by atoms with Gasteiger partial charge in [-0.1, -0.05) is 28.1 Å². The fourth-order valence-corrected chi connectivity index (χ4v) is 4.07. The van der Waals surface area contributed by atoms with E-state index in [0.717, 1.165) is 37.2 Å². The average molecular weight is 395 g/mol. The molecule has 0 amide bonds. The van der Waals surface area contributed by atoms with Crippen molar-refractivity contribution in [3.8, 4) is 10.4 Å². The van der Waals surface area contributed by atoms with Crippen molar-refractivity contribution in [1.82, 2.24) is 9.80 Å². The van der Waals surface area contributed by atoms with Gasteiger partial charge in [0.1, 0.15) is 0 Å². The molecule has 0 spiro atoms. The summed E-state index contributed by atoms with van der Waals surface area (Å²) in [4.78, 5) is 17.8. The second-order valence-corrected chi connectivity index (χ2v) is 7.80. The summed E-state index contributed by atoms with van der Waals surface area (Å²) in [7, 11) is 0. The van der Waals surface area contributed by atoms with E-state index >= 15 is 0 Å². The first-order chi connectivity index (χ1) is 11.1. The summed E-state index contributed by atoms with van der Waals surface area (Å²) in [5.74, 6) is -0.740. The van der Waals surface area contributed by atoms with Crippen molar-refractivity contribution in [1.29, 1.82) is 0 Å². The highest BCUT2D eigenvalue weighted by molar-refractivity contribution is 9.10. The molecule has 1 aromatic heterocycles. The maximum Gasteiger partial charge on any atom is 0.317 e. The number of hydrogen-bond acceptors (Lipinski definition) is 4. The molecule has 1 aromatic carbocycles. The van der Waals surface area contributed by atoms with Gasteiger partial charge in [-0.15, -0.1) is 11.3 Å². The van der Waals surface area contributed by atoms with E-state index in [9.17, 15) is 4.79 Å². The van der Waals surface area contributed by atoms with Crippen LogP contribution in [0.4, 0.5) is 0 Å². The number of aliphatic carboxylic acids is 1. The van der Waals surface area contributed by atoms with Gasteiger partial charge in [-0.3, -0.25) is 14.6 Å². The lowest BCUT2D eigenvalue weighted by atomic mass is 10.2. The highest BCUT2D eigenvalue weighted by Gasteiger charge is 2.19. The number of carbonyl (C=O) groups is 1. The highest BCUT2D eigenvalue weighted by atomic mass is 79.9. The summed E-state index contributed by atoms with van der Waals surface area (Å²) in [6.07, 6.45) is 0. The molecule has 1 fully saturated rings. The summed E-state index contributed by atoms with van der Waals surface area (Å²) in [5, 5.41) is 8.84. The molecule has 2 heterocycles. The number of nitrogens with zero attached hydrogens (tertiary/aromatic N) is 2. The van der Waals surface area contributed by atoms with Gasteiger partial charge in [0.05, 0.1) is 6.54 Å². The first-order valence-corrected chi connectivity index (χ1v) is 9.22. The molecule has 0 bridgehead atoms. The van der Waals surface area contributed by atoms with Gasteiger partial charge in [0.25, 0.3) is 0 Å². The second-order valence-electron chi connectivity index (χ2n) is 5.72. The fraction of sp³-hybridized carbons (Fsp3) is 0.353. The number of carboxylic acid groups (broad SMARTS) is 1. The van der Waals surface area contributed by atoms with E-state index in [2.05, 4.69) is 57.2 Å². The Morgan fingerprint density at radius 2 is 1.70 bits per heavy atom. The molecule has 2 aromatic rings. The van der Waals surface area contributed by atoms with Crippen molar-refractivity contribution in [2.75, 3.05) is 32.7 Å². The van der Waals surface area contributed by atoms with Crippen LogP contribution in [0.1, 0.15) is 4.88 Å². The third-order valence-corrected chi connectivity index (χ3v) is 5.64. The van der Waals surface area contributed by atoms with Gasteiger partial charge in [-0.05, 0) is 29.8 Å². The summed E-state index contributed by atoms with van der Waals surface area (Å²) < 4.78 is 1.09. The minimum Gasteiger partial charge on any atom is -0.480 e. The molecule has 0 radical (unpaired) electrons. The van der Waals surface area contributed by atoms with Crippen LogP contribution >= 0.6 is 27.3 Å². The SMILES string of the molecule is O=C(O)CN1CCN(Cc2ccc(-c3ccc(Br)cc3)s2)CC1. The number of halogens is 1. The van der Waals surface area contributed by atoms with E-state index < -0.39 is 5.97 Å². The van der Waals surface area contributed by atoms with Crippen LogP contribution in [-0.4, -0.2) is 53.6 Å². The van der Waals surface area contributed by atoms with Crippen LogP contribution in [-0.2, 0) is 11.3 Å². The van der Waals surface area contributed by atoms with E-state index in [4.69, 9.17) is 5.11 Å². The van der Waals surface area contributed by atoms with Crippen molar-refractivity contribution in [2.45, 2.75) is 6.54 Å². The summed E-state index contributed by atoms with van der Waals surface area (Å²) in [6, 6.07) is 12.8. The lowest BCUT2D eigenvalue weighted by Crippen LogP contribution is -2.47. The molecule has 1 aliphatic rings. The lowest BCUT2D eigenvalue weighted by Gasteiger charge is -2.33. The third kappa shape index (κ3) is 4.64. The number of piperazine rings is 1. The smallest absolute Gasteiger partial charge is 0.317 e. The Hall–Kier alpha value is -1.21. The second kappa shape index (κ2) is 7.57. The van der Waals surface area contributed by atoms with Crippen molar-refractivity contribution < 1.29 is 9.90 Å². The molecule has 3 rings (SSSR count). The van der Waals surface area contributed by atoms with Crippen molar-refractivity contribution >= 4 is 33.2 Å². The summed E-state index contributed by atoms with van der Waals surface area (Å²) in [5.41, 5.74) is 1.25. The Bertz CT molecular complexity index is 663. The van der Waals surface area contributed by atoms with Gasteiger partial charge in [0.2, 0.25) is 0 Å². The Morgan fingerprint density at radius 3 is 2.35 bits per heavy atom. The number of thiophene rings is 1. The summed E-state index contributed by atoms with van der Waals surface area (Å²) in [6.45, 7) is 4.62. The number of rotatable bonds is 5. The van der Waals surface area contributed by atoms with Crippen LogP contribution < -0.4 is 0 Å². The maximum absolute atomic E-state index is 10.7. The van der Waals surface area contributed by atoms with Gasteiger partial charge in [-0.2, -0.15) is 0 Å². The zero-order valence-electron chi connectivity index (χ0n) is 12.7. The van der Waals surface area contributed by atoms with E-state index in [1.54, 1.807) is 0 Å². The fourth-order valence-electron chi connectivity index (χ4n) is 2.75. The molecule has 122 valence electrons. The molecule has 1 N–H and O–H groups in total. The monoisotopic (exact) mass is 394 g/mol. The van der Waals surface area contributed by atoms with Crippen LogP contribution in [0.25, 0.3) is 10.4 Å². The molecule has 0 atom stereocenters. The Morgan fingerprint density at radius 1 is 1.04 bits per heavy atom. The standard InChI is InChI=1S/C17H19BrN2O2S/c18-14-3-1-13(2-4-14)16-6-5-15(23-16)11-19-7-9-20(10-8-19)12-17(21)22/h1-6H,7-12H2,(H,21,22). The van der Waals surface area contributed by atoms with Crippen molar-refractivity contribution in [3.05, 3.63) is 45.7 Å². The van der Waals surface area contributed by atoms with E-state index in [-0.39, 0.29) is 6.54 Å². The number of carboxylic acids is 1. The third-order valence-electron chi connectivity index (χ3n) is 3.99. The molecule has 4 nitrogen and oxygen atoms in total. The topological polar surface area (TPSA) is 43.8 Å². The summed E-state index contributed by atoms with van der Waals surface area (Å²) >= 11 is 5.30. The van der Waals surface area contributed by atoms with Crippen LogP contribution in [0, 0.1) is 0 Å². The van der Waals surface area contributed by atoms with Crippen molar-refractivity contribution in [2.24, 2.45) is 0 Å². The molecule has 0 aliphatic carbocycles. The molecule has 0 unspecified atom stereocenters. The average Bonchev–Trinajstić information content (AvgIpc) is 2.98. The molecular weight excluding hydrogens is 376 g/mol. The van der Waals surface area contributed by atoms with Crippen LogP contribution in [0.3, 0.4) is 0 Å². The van der Waals surface area contributed by atoms with Crippen LogP contribution in [0.5, 0.6) is 0 Å². The first-order valence-electron chi connectivity index (χ1n) is 7.61. The van der Waals surface area contributed by atoms with E-state index in [0.29, 0.717) is 0 Å². The van der Waals surface area contributed by atoms with Gasteiger partial charge in [0, 0.05) is 47.0 Å². The highest BCUT2D eigenvalue weighted by Crippen LogP contribution is 2.29. The van der Waals surface area contributed by atoms with E-state index in [1.165, 1.54) is 15.3 Å². The first kappa shape index (κ1) is 16.6. The molecule has 1 saturated heterocycles. The lowest BCUT2D eigenvalue weighted by molar-refractivity contribution is -0.138. The molecule has 23 heavy (non-hydrogen) atoms. The Kier molecular flexibility index (Phi) is 5.48. The van der Waals surface area contributed by atoms with Gasteiger partial charge in [-0.25, -0.2) is 0 Å². The van der Waals surface area contributed by atoms with Crippen LogP contribution in [0.2, 0.25) is 0 Å². The molecular formula is C17H19BrN2O2S. The zero-order valence-corrected chi connectivity index (χ0v) is 15.1. The minimum absolute atomic E-state index is 0.153. The Labute approximate surface area is 148 Å². The largest absolute Gasteiger partial charge is 0.480 e. The van der Waals surface area contributed by atoms with Crippen molar-refractivity contribution in [3.63, 3.8) is 0 Å². The number of benzene rings is 1.